The number of hydrogen-bond donors (Lipinski definition) is 1. The van der Waals surface area contributed by atoms with Crippen LogP contribution in [0.4, 0.5) is 9.59 Å². The van der Waals surface area contributed by atoms with Gasteiger partial charge in [-0.2, -0.15) is 0 Å². The van der Waals surface area contributed by atoms with Gasteiger partial charge in [0.1, 0.15) is 22.8 Å². The molecule has 9 heteroatoms. The quantitative estimate of drug-likeness (QED) is 0.419. The van der Waals surface area contributed by atoms with E-state index in [9.17, 15) is 24.3 Å². The van der Waals surface area contributed by atoms with E-state index in [1.54, 1.807) is 62.3 Å². The van der Waals surface area contributed by atoms with E-state index in [0.717, 1.165) is 0 Å². The minimum Gasteiger partial charge on any atom is -0.460 e. The molecule has 0 aromatic heterocycles. The molecule has 1 unspecified atom stereocenters. The molecule has 0 aromatic carbocycles. The van der Waals surface area contributed by atoms with Crippen LogP contribution in [0.3, 0.4) is 0 Å². The highest BCUT2D eigenvalue weighted by Crippen LogP contribution is 2.21. The van der Waals surface area contributed by atoms with E-state index in [4.69, 9.17) is 14.2 Å². The molecule has 0 aliphatic heterocycles. The molecule has 32 heavy (non-hydrogen) atoms. The average Bonchev–Trinajstić information content (AvgIpc) is 2.51. The molecule has 0 fully saturated rings. The van der Waals surface area contributed by atoms with E-state index < -0.39 is 52.9 Å². The number of ketones is 1. The molecular formula is C23H41NO8. The van der Waals surface area contributed by atoms with Crippen molar-refractivity contribution in [3.05, 3.63) is 0 Å². The Kier molecular flexibility index (Phi) is 10.8. The van der Waals surface area contributed by atoms with Gasteiger partial charge >= 0.3 is 18.2 Å². The summed E-state index contributed by atoms with van der Waals surface area (Å²) in [7, 11) is 0. The monoisotopic (exact) mass is 459 g/mol. The highest BCUT2D eigenvalue weighted by Gasteiger charge is 2.39. The Balaban J connectivity index is 5.36. The van der Waals surface area contributed by atoms with Gasteiger partial charge in [0.15, 0.2) is 5.78 Å². The van der Waals surface area contributed by atoms with Crippen LogP contribution < -0.4 is 0 Å². The maximum atomic E-state index is 12.8. The van der Waals surface area contributed by atoms with Crippen molar-refractivity contribution in [2.75, 3.05) is 0 Å². The van der Waals surface area contributed by atoms with Crippen molar-refractivity contribution in [2.24, 2.45) is 0 Å². The minimum absolute atomic E-state index is 0.00498. The zero-order valence-electron chi connectivity index (χ0n) is 21.2. The highest BCUT2D eigenvalue weighted by atomic mass is 16.6. The van der Waals surface area contributed by atoms with Crippen LogP contribution in [0.25, 0.3) is 0 Å². The van der Waals surface area contributed by atoms with Gasteiger partial charge in [-0.15, -0.1) is 0 Å². The van der Waals surface area contributed by atoms with Crippen LogP contribution in [-0.2, 0) is 23.8 Å². The second-order valence-corrected chi connectivity index (χ2v) is 10.8. The van der Waals surface area contributed by atoms with Gasteiger partial charge in [0.05, 0.1) is 6.10 Å². The summed E-state index contributed by atoms with van der Waals surface area (Å²) in [4.78, 5) is 50.4. The van der Waals surface area contributed by atoms with E-state index in [0.29, 0.717) is 4.90 Å². The molecule has 2 amide bonds. The van der Waals surface area contributed by atoms with Crippen molar-refractivity contribution >= 4 is 23.9 Å². The number of carbonyl (C=O) groups excluding carboxylic acids is 4. The van der Waals surface area contributed by atoms with Gasteiger partial charge in [-0.05, 0) is 88.5 Å². The van der Waals surface area contributed by atoms with Gasteiger partial charge in [-0.1, -0.05) is 0 Å². The first-order chi connectivity index (χ1) is 14.2. The lowest BCUT2D eigenvalue weighted by Crippen LogP contribution is -2.51. The Bertz CT molecular complexity index is 639. The molecule has 0 aliphatic rings. The maximum absolute atomic E-state index is 12.8. The summed E-state index contributed by atoms with van der Waals surface area (Å²) in [5.41, 5.74) is -2.42. The van der Waals surface area contributed by atoms with Crippen LogP contribution in [0.2, 0.25) is 0 Å². The first-order valence-corrected chi connectivity index (χ1v) is 10.9. The number of nitrogens with zero attached hydrogens (tertiary/aromatic N) is 1. The largest absolute Gasteiger partial charge is 0.460 e. The molecule has 0 bridgehead atoms. The number of carbonyl (C=O) groups is 4. The fourth-order valence-electron chi connectivity index (χ4n) is 2.64. The molecule has 2 atom stereocenters. The van der Waals surface area contributed by atoms with Gasteiger partial charge < -0.3 is 19.3 Å². The predicted octanol–water partition coefficient (Wildman–Crippen LogP) is 4.38. The van der Waals surface area contributed by atoms with E-state index in [-0.39, 0.29) is 25.7 Å². The van der Waals surface area contributed by atoms with Crippen molar-refractivity contribution in [3.8, 4) is 0 Å². The van der Waals surface area contributed by atoms with E-state index in [2.05, 4.69) is 0 Å². The first kappa shape index (κ1) is 29.8. The number of esters is 1. The summed E-state index contributed by atoms with van der Waals surface area (Å²) in [5, 5.41) is 10.3. The number of Topliss-reactive ketones (excluding diaryl/α,β-unsaturated/α-hetero) is 1. The fourth-order valence-corrected chi connectivity index (χ4v) is 2.64. The molecule has 9 nitrogen and oxygen atoms in total. The van der Waals surface area contributed by atoms with Crippen LogP contribution in [0.15, 0.2) is 0 Å². The standard InChI is InChI=1S/C23H41NO8/c1-15(25)17(13-11-16(26)12-14-18(27)30-21(2,3)4)24(19(28)31-22(5,6)7)20(29)32-23(8,9)10/h16-17,26H,11-14H2,1-10H3/t16?,17-/m0/s1. The molecule has 0 aromatic rings. The summed E-state index contributed by atoms with van der Waals surface area (Å²) >= 11 is 0. The second kappa shape index (κ2) is 11.6. The minimum atomic E-state index is -1.18. The summed E-state index contributed by atoms with van der Waals surface area (Å²) in [5.74, 6) is -0.898. The number of aliphatic hydroxyl groups is 1. The first-order valence-electron chi connectivity index (χ1n) is 10.9. The molecule has 1 N–H and O–H groups in total. The number of amides is 2. The number of imide groups is 1. The Morgan fingerprint density at radius 1 is 0.719 bits per heavy atom. The molecule has 186 valence electrons. The lowest BCUT2D eigenvalue weighted by molar-refractivity contribution is -0.155. The lowest BCUT2D eigenvalue weighted by atomic mass is 10.0. The summed E-state index contributed by atoms with van der Waals surface area (Å²) in [6.07, 6.45) is -2.74. The van der Waals surface area contributed by atoms with Gasteiger partial charge in [-0.3, -0.25) is 9.59 Å². The third-order valence-corrected chi connectivity index (χ3v) is 3.84. The Hall–Kier alpha value is -2.16. The van der Waals surface area contributed by atoms with Crippen LogP contribution >= 0.6 is 0 Å². The SMILES string of the molecule is CC(=O)[C@H](CCC(O)CCC(=O)OC(C)(C)C)N(C(=O)OC(C)(C)C)C(=O)OC(C)(C)C. The molecular weight excluding hydrogens is 418 g/mol. The van der Waals surface area contributed by atoms with Crippen LogP contribution in [0.5, 0.6) is 0 Å². The van der Waals surface area contributed by atoms with Crippen molar-refractivity contribution in [1.29, 1.82) is 0 Å². The highest BCUT2D eigenvalue weighted by molar-refractivity contribution is 5.95. The van der Waals surface area contributed by atoms with E-state index in [1.165, 1.54) is 6.92 Å². The van der Waals surface area contributed by atoms with E-state index >= 15 is 0 Å². The number of aliphatic hydroxyl groups excluding tert-OH is 1. The van der Waals surface area contributed by atoms with Crippen LogP contribution in [-0.4, -0.2) is 62.9 Å². The molecule has 0 rings (SSSR count). The van der Waals surface area contributed by atoms with E-state index in [1.807, 2.05) is 0 Å². The van der Waals surface area contributed by atoms with Crippen molar-refractivity contribution in [1.82, 2.24) is 4.90 Å². The Labute approximate surface area is 191 Å². The zero-order valence-corrected chi connectivity index (χ0v) is 21.2. The van der Waals surface area contributed by atoms with Gasteiger partial charge in [0.25, 0.3) is 0 Å². The normalized spacial score (nSPS) is 14.2. The van der Waals surface area contributed by atoms with Crippen LogP contribution in [0.1, 0.15) is 94.9 Å². The molecule has 0 radical (unpaired) electrons. The maximum Gasteiger partial charge on any atom is 0.420 e. The van der Waals surface area contributed by atoms with Gasteiger partial charge in [0.2, 0.25) is 0 Å². The number of rotatable bonds is 8. The average molecular weight is 460 g/mol. The summed E-state index contributed by atoms with van der Waals surface area (Å²) in [6.45, 7) is 16.3. The van der Waals surface area contributed by atoms with Crippen molar-refractivity contribution < 1.29 is 38.5 Å². The summed E-state index contributed by atoms with van der Waals surface area (Å²) < 4.78 is 15.8. The summed E-state index contributed by atoms with van der Waals surface area (Å²) in [6, 6.07) is -1.18. The Morgan fingerprint density at radius 3 is 1.47 bits per heavy atom. The number of hydrogen-bond acceptors (Lipinski definition) is 8. The van der Waals surface area contributed by atoms with Gasteiger partial charge in [-0.25, -0.2) is 14.5 Å². The van der Waals surface area contributed by atoms with Crippen molar-refractivity contribution in [2.45, 2.75) is 124 Å². The third-order valence-electron chi connectivity index (χ3n) is 3.84. The van der Waals surface area contributed by atoms with Crippen LogP contribution in [0, 0.1) is 0 Å². The third kappa shape index (κ3) is 13.3. The molecule has 0 aliphatic carbocycles. The number of ether oxygens (including phenoxy) is 3. The fraction of sp³-hybridized carbons (Fsp3) is 0.826. The lowest BCUT2D eigenvalue weighted by Gasteiger charge is -2.32. The van der Waals surface area contributed by atoms with Crippen molar-refractivity contribution in [3.63, 3.8) is 0 Å². The predicted molar refractivity (Wildman–Crippen MR) is 119 cm³/mol. The molecule has 0 saturated carbocycles. The Morgan fingerprint density at radius 2 is 1.12 bits per heavy atom. The second-order valence-electron chi connectivity index (χ2n) is 10.8. The molecule has 0 saturated heterocycles. The topological polar surface area (TPSA) is 119 Å². The molecule has 0 spiro atoms. The smallest absolute Gasteiger partial charge is 0.420 e. The molecule has 0 heterocycles. The zero-order chi connectivity index (χ0) is 25.5. The van der Waals surface area contributed by atoms with Gasteiger partial charge in [0, 0.05) is 6.42 Å².